The third kappa shape index (κ3) is 2.01. The second-order valence-electron chi connectivity index (χ2n) is 3.60. The quantitative estimate of drug-likeness (QED) is 0.801. The van der Waals surface area contributed by atoms with E-state index in [2.05, 4.69) is 0 Å². The SMILES string of the molecule is OCC[C@H](O)c1cccc2ccccc12. The van der Waals surface area contributed by atoms with Crippen LogP contribution in [0.5, 0.6) is 0 Å². The van der Waals surface area contributed by atoms with Crippen LogP contribution in [0.15, 0.2) is 42.5 Å². The van der Waals surface area contributed by atoms with E-state index in [1.165, 1.54) is 0 Å². The van der Waals surface area contributed by atoms with Crippen molar-refractivity contribution >= 4 is 10.8 Å². The molecule has 0 unspecified atom stereocenters. The van der Waals surface area contributed by atoms with Crippen LogP contribution in [0.1, 0.15) is 18.1 Å². The van der Waals surface area contributed by atoms with E-state index in [0.717, 1.165) is 16.3 Å². The van der Waals surface area contributed by atoms with Gasteiger partial charge in [0, 0.05) is 13.0 Å². The number of aliphatic hydroxyl groups excluding tert-OH is 2. The molecule has 2 N–H and O–H groups in total. The molecule has 0 aliphatic carbocycles. The Morgan fingerprint density at radius 3 is 2.53 bits per heavy atom. The second kappa shape index (κ2) is 4.43. The third-order valence-electron chi connectivity index (χ3n) is 2.58. The molecule has 2 rings (SSSR count). The Morgan fingerprint density at radius 1 is 1.00 bits per heavy atom. The summed E-state index contributed by atoms with van der Waals surface area (Å²) in [6.45, 7) is 0.00435. The molecule has 0 aliphatic rings. The predicted molar refractivity (Wildman–Crippen MR) is 60.6 cm³/mol. The van der Waals surface area contributed by atoms with Gasteiger partial charge in [-0.2, -0.15) is 0 Å². The Morgan fingerprint density at radius 2 is 1.73 bits per heavy atom. The molecule has 0 radical (unpaired) electrons. The summed E-state index contributed by atoms with van der Waals surface area (Å²) in [5.41, 5.74) is 0.891. The van der Waals surface area contributed by atoms with Crippen molar-refractivity contribution in [3.05, 3.63) is 48.0 Å². The Balaban J connectivity index is 2.50. The predicted octanol–water partition coefficient (Wildman–Crippen LogP) is 2.26. The fourth-order valence-corrected chi connectivity index (χ4v) is 1.82. The zero-order valence-electron chi connectivity index (χ0n) is 8.43. The summed E-state index contributed by atoms with van der Waals surface area (Å²) in [6, 6.07) is 13.8. The molecule has 1 atom stereocenters. The first-order valence-electron chi connectivity index (χ1n) is 5.09. The number of aliphatic hydroxyl groups is 2. The van der Waals surface area contributed by atoms with Crippen LogP contribution >= 0.6 is 0 Å². The van der Waals surface area contributed by atoms with E-state index in [1.54, 1.807) is 0 Å². The highest BCUT2D eigenvalue weighted by molar-refractivity contribution is 5.85. The van der Waals surface area contributed by atoms with E-state index >= 15 is 0 Å². The molecule has 2 aromatic carbocycles. The summed E-state index contributed by atoms with van der Waals surface area (Å²) in [7, 11) is 0. The molecule has 0 aromatic heterocycles. The molecular formula is C13H14O2. The molecule has 0 amide bonds. The average molecular weight is 202 g/mol. The summed E-state index contributed by atoms with van der Waals surface area (Å²) >= 11 is 0. The summed E-state index contributed by atoms with van der Waals surface area (Å²) < 4.78 is 0. The molecule has 15 heavy (non-hydrogen) atoms. The van der Waals surface area contributed by atoms with Crippen molar-refractivity contribution in [2.75, 3.05) is 6.61 Å². The summed E-state index contributed by atoms with van der Waals surface area (Å²) in [6.07, 6.45) is -0.199. The number of fused-ring (bicyclic) bond motifs is 1. The second-order valence-corrected chi connectivity index (χ2v) is 3.60. The molecule has 0 fully saturated rings. The van der Waals surface area contributed by atoms with Crippen molar-refractivity contribution < 1.29 is 10.2 Å². The van der Waals surface area contributed by atoms with Gasteiger partial charge in [0.25, 0.3) is 0 Å². The van der Waals surface area contributed by atoms with Crippen molar-refractivity contribution in [3.63, 3.8) is 0 Å². The molecular weight excluding hydrogens is 188 g/mol. The highest BCUT2D eigenvalue weighted by Crippen LogP contribution is 2.25. The van der Waals surface area contributed by atoms with Gasteiger partial charge in [-0.1, -0.05) is 42.5 Å². The molecule has 0 saturated heterocycles. The lowest BCUT2D eigenvalue weighted by Gasteiger charge is -2.12. The van der Waals surface area contributed by atoms with Gasteiger partial charge >= 0.3 is 0 Å². The zero-order valence-corrected chi connectivity index (χ0v) is 8.43. The molecule has 78 valence electrons. The standard InChI is InChI=1S/C13H14O2/c14-9-8-13(15)12-7-3-5-10-4-1-2-6-11(10)12/h1-7,13-15H,8-9H2/t13-/m0/s1. The van der Waals surface area contributed by atoms with Crippen molar-refractivity contribution in [1.29, 1.82) is 0 Å². The maximum absolute atomic E-state index is 9.86. The highest BCUT2D eigenvalue weighted by Gasteiger charge is 2.09. The molecule has 0 spiro atoms. The van der Waals surface area contributed by atoms with Crippen LogP contribution in [0.4, 0.5) is 0 Å². The van der Waals surface area contributed by atoms with E-state index in [4.69, 9.17) is 5.11 Å². The van der Waals surface area contributed by atoms with Gasteiger partial charge in [0.1, 0.15) is 0 Å². The maximum Gasteiger partial charge on any atom is 0.0817 e. The summed E-state index contributed by atoms with van der Waals surface area (Å²) in [4.78, 5) is 0. The molecule has 2 nitrogen and oxygen atoms in total. The van der Waals surface area contributed by atoms with Gasteiger partial charge in [0.15, 0.2) is 0 Å². The monoisotopic (exact) mass is 202 g/mol. The molecule has 2 heteroatoms. The molecule has 2 aromatic rings. The van der Waals surface area contributed by atoms with Crippen LogP contribution in [-0.4, -0.2) is 16.8 Å². The Labute approximate surface area is 88.8 Å². The Hall–Kier alpha value is -1.38. The Kier molecular flexibility index (Phi) is 2.99. The van der Waals surface area contributed by atoms with E-state index in [0.29, 0.717) is 6.42 Å². The van der Waals surface area contributed by atoms with Crippen LogP contribution in [0, 0.1) is 0 Å². The van der Waals surface area contributed by atoms with Crippen molar-refractivity contribution in [2.24, 2.45) is 0 Å². The van der Waals surface area contributed by atoms with E-state index in [-0.39, 0.29) is 6.61 Å². The number of hydrogen-bond donors (Lipinski definition) is 2. The first kappa shape index (κ1) is 10.1. The summed E-state index contributed by atoms with van der Waals surface area (Å²) in [5.74, 6) is 0. The number of benzene rings is 2. The number of hydrogen-bond acceptors (Lipinski definition) is 2. The summed E-state index contributed by atoms with van der Waals surface area (Å²) in [5, 5.41) is 20.8. The van der Waals surface area contributed by atoms with Crippen LogP contribution in [0.2, 0.25) is 0 Å². The van der Waals surface area contributed by atoms with Crippen molar-refractivity contribution in [3.8, 4) is 0 Å². The maximum atomic E-state index is 9.86. The fraction of sp³-hybridized carbons (Fsp3) is 0.231. The van der Waals surface area contributed by atoms with Crippen LogP contribution in [-0.2, 0) is 0 Å². The molecule has 0 aliphatic heterocycles. The molecule has 0 saturated carbocycles. The van der Waals surface area contributed by atoms with Gasteiger partial charge in [-0.3, -0.25) is 0 Å². The highest BCUT2D eigenvalue weighted by atomic mass is 16.3. The smallest absolute Gasteiger partial charge is 0.0817 e. The minimum Gasteiger partial charge on any atom is -0.396 e. The first-order chi connectivity index (χ1) is 7.33. The lowest BCUT2D eigenvalue weighted by molar-refractivity contribution is 0.135. The largest absolute Gasteiger partial charge is 0.396 e. The normalized spacial score (nSPS) is 12.9. The molecule has 0 heterocycles. The zero-order chi connectivity index (χ0) is 10.7. The van der Waals surface area contributed by atoms with Crippen LogP contribution < -0.4 is 0 Å². The fourth-order valence-electron chi connectivity index (χ4n) is 1.82. The minimum atomic E-state index is -0.582. The van der Waals surface area contributed by atoms with Crippen LogP contribution in [0.3, 0.4) is 0 Å². The average Bonchev–Trinajstić information content (AvgIpc) is 2.28. The Bertz CT molecular complexity index is 446. The first-order valence-corrected chi connectivity index (χ1v) is 5.09. The van der Waals surface area contributed by atoms with Gasteiger partial charge in [-0.25, -0.2) is 0 Å². The van der Waals surface area contributed by atoms with Gasteiger partial charge in [0.2, 0.25) is 0 Å². The molecule has 0 bridgehead atoms. The van der Waals surface area contributed by atoms with Crippen molar-refractivity contribution in [2.45, 2.75) is 12.5 Å². The van der Waals surface area contributed by atoms with Gasteiger partial charge in [-0.15, -0.1) is 0 Å². The van der Waals surface area contributed by atoms with E-state index < -0.39 is 6.10 Å². The lowest BCUT2D eigenvalue weighted by Crippen LogP contribution is -2.00. The van der Waals surface area contributed by atoms with Gasteiger partial charge < -0.3 is 10.2 Å². The van der Waals surface area contributed by atoms with Crippen molar-refractivity contribution in [1.82, 2.24) is 0 Å². The van der Waals surface area contributed by atoms with Gasteiger partial charge in [-0.05, 0) is 16.3 Å². The lowest BCUT2D eigenvalue weighted by atomic mass is 9.99. The topological polar surface area (TPSA) is 40.5 Å². The third-order valence-corrected chi connectivity index (χ3v) is 2.58. The van der Waals surface area contributed by atoms with Gasteiger partial charge in [0.05, 0.1) is 6.10 Å². The number of rotatable bonds is 3. The van der Waals surface area contributed by atoms with E-state index in [1.807, 2.05) is 42.5 Å². The van der Waals surface area contributed by atoms with E-state index in [9.17, 15) is 5.11 Å². The van der Waals surface area contributed by atoms with Crippen LogP contribution in [0.25, 0.3) is 10.8 Å². The minimum absolute atomic E-state index is 0.00435.